The Balaban J connectivity index is 1.30. The number of benzene rings is 2. The molecule has 1 atom stereocenters. The molecular formula is C18H21NO3. The van der Waals surface area contributed by atoms with E-state index in [1.807, 2.05) is 54.6 Å². The lowest BCUT2D eigenvalue weighted by Gasteiger charge is -2.26. The lowest BCUT2D eigenvalue weighted by molar-refractivity contribution is 0.0902. The van der Waals surface area contributed by atoms with E-state index in [1.54, 1.807) is 0 Å². The van der Waals surface area contributed by atoms with Gasteiger partial charge in [0.1, 0.15) is 18.5 Å². The van der Waals surface area contributed by atoms with Gasteiger partial charge in [0.05, 0.1) is 6.61 Å². The third-order valence-electron chi connectivity index (χ3n) is 3.45. The van der Waals surface area contributed by atoms with E-state index in [0.29, 0.717) is 13.2 Å². The lowest BCUT2D eigenvalue weighted by atomic mass is 10.2. The van der Waals surface area contributed by atoms with Gasteiger partial charge in [0, 0.05) is 6.54 Å². The Hall–Kier alpha value is -2.20. The summed E-state index contributed by atoms with van der Waals surface area (Å²) in [7, 11) is 0. The summed E-state index contributed by atoms with van der Waals surface area (Å²) in [5, 5.41) is 3.39. The molecule has 4 nitrogen and oxygen atoms in total. The second-order valence-electron chi connectivity index (χ2n) is 5.22. The Labute approximate surface area is 131 Å². The van der Waals surface area contributed by atoms with Gasteiger partial charge in [0.15, 0.2) is 11.5 Å². The highest BCUT2D eigenvalue weighted by Gasteiger charge is 2.19. The minimum Gasteiger partial charge on any atom is -0.494 e. The molecule has 2 aromatic rings. The van der Waals surface area contributed by atoms with Crippen LogP contribution in [0.5, 0.6) is 17.2 Å². The Bertz CT molecular complexity index is 574. The molecule has 22 heavy (non-hydrogen) atoms. The second-order valence-corrected chi connectivity index (χ2v) is 5.22. The second kappa shape index (κ2) is 7.71. The number of fused-ring (bicyclic) bond motifs is 1. The van der Waals surface area contributed by atoms with Crippen LogP contribution in [0.2, 0.25) is 0 Å². The van der Waals surface area contributed by atoms with Gasteiger partial charge in [-0.15, -0.1) is 0 Å². The first-order valence-electron chi connectivity index (χ1n) is 7.69. The van der Waals surface area contributed by atoms with Gasteiger partial charge in [0.25, 0.3) is 0 Å². The van der Waals surface area contributed by atoms with E-state index in [4.69, 9.17) is 14.2 Å². The van der Waals surface area contributed by atoms with Crippen molar-refractivity contribution in [3.05, 3.63) is 54.6 Å². The summed E-state index contributed by atoms with van der Waals surface area (Å²) in [4.78, 5) is 0. The third kappa shape index (κ3) is 4.15. The Morgan fingerprint density at radius 2 is 1.77 bits per heavy atom. The van der Waals surface area contributed by atoms with Crippen molar-refractivity contribution in [3.63, 3.8) is 0 Å². The number of nitrogens with one attached hydrogen (secondary N) is 1. The fourth-order valence-electron chi connectivity index (χ4n) is 2.33. The molecule has 116 valence electrons. The number of hydrogen-bond acceptors (Lipinski definition) is 4. The monoisotopic (exact) mass is 299 g/mol. The SMILES string of the molecule is c1ccc(OCCCNCC2COc3ccccc3O2)cc1. The summed E-state index contributed by atoms with van der Waals surface area (Å²) >= 11 is 0. The summed E-state index contributed by atoms with van der Waals surface area (Å²) in [5.74, 6) is 2.58. The zero-order chi connectivity index (χ0) is 15.0. The highest BCUT2D eigenvalue weighted by Crippen LogP contribution is 2.30. The molecule has 1 aliphatic heterocycles. The summed E-state index contributed by atoms with van der Waals surface area (Å²) in [6.07, 6.45) is 1.02. The van der Waals surface area contributed by atoms with Gasteiger partial charge in [-0.05, 0) is 37.2 Å². The molecule has 1 heterocycles. The first-order valence-corrected chi connectivity index (χ1v) is 7.69. The smallest absolute Gasteiger partial charge is 0.161 e. The van der Waals surface area contributed by atoms with Crippen LogP contribution in [-0.4, -0.2) is 32.4 Å². The van der Waals surface area contributed by atoms with E-state index in [2.05, 4.69) is 5.32 Å². The van der Waals surface area contributed by atoms with Crippen molar-refractivity contribution in [1.82, 2.24) is 5.32 Å². The highest BCUT2D eigenvalue weighted by molar-refractivity contribution is 5.40. The molecule has 0 radical (unpaired) electrons. The van der Waals surface area contributed by atoms with Crippen molar-refractivity contribution in [2.24, 2.45) is 0 Å². The number of rotatable bonds is 7. The molecule has 1 aliphatic rings. The van der Waals surface area contributed by atoms with Crippen LogP contribution in [0.3, 0.4) is 0 Å². The standard InChI is InChI=1S/C18H21NO3/c1-2-7-15(8-3-1)20-12-6-11-19-13-16-14-21-17-9-4-5-10-18(17)22-16/h1-5,7-10,16,19H,6,11-14H2. The van der Waals surface area contributed by atoms with E-state index >= 15 is 0 Å². The first-order chi connectivity index (χ1) is 10.9. The maximum atomic E-state index is 5.89. The maximum Gasteiger partial charge on any atom is 0.161 e. The Morgan fingerprint density at radius 1 is 1.00 bits per heavy atom. The number of hydrogen-bond donors (Lipinski definition) is 1. The molecule has 0 bridgehead atoms. The highest BCUT2D eigenvalue weighted by atomic mass is 16.6. The predicted molar refractivity (Wildman–Crippen MR) is 85.8 cm³/mol. The molecular weight excluding hydrogens is 278 g/mol. The van der Waals surface area contributed by atoms with Gasteiger partial charge in [-0.25, -0.2) is 0 Å². The maximum absolute atomic E-state index is 5.89. The topological polar surface area (TPSA) is 39.7 Å². The first kappa shape index (κ1) is 14.7. The van der Waals surface area contributed by atoms with Crippen LogP contribution in [0.15, 0.2) is 54.6 Å². The van der Waals surface area contributed by atoms with Gasteiger partial charge in [-0.2, -0.15) is 0 Å². The summed E-state index contributed by atoms with van der Waals surface area (Å²) in [6, 6.07) is 17.7. The van der Waals surface area contributed by atoms with Crippen LogP contribution in [0, 0.1) is 0 Å². The van der Waals surface area contributed by atoms with Crippen LogP contribution in [0.25, 0.3) is 0 Å². The fourth-order valence-corrected chi connectivity index (χ4v) is 2.33. The van der Waals surface area contributed by atoms with Gasteiger partial charge >= 0.3 is 0 Å². The molecule has 2 aromatic carbocycles. The largest absolute Gasteiger partial charge is 0.494 e. The fraction of sp³-hybridized carbons (Fsp3) is 0.333. The van der Waals surface area contributed by atoms with Gasteiger partial charge in [-0.3, -0.25) is 0 Å². The van der Waals surface area contributed by atoms with Crippen LogP contribution in [0.4, 0.5) is 0 Å². The molecule has 0 saturated carbocycles. The van der Waals surface area contributed by atoms with Gasteiger partial charge in [0.2, 0.25) is 0 Å². The minimum absolute atomic E-state index is 0.0601. The molecule has 4 heteroatoms. The van der Waals surface area contributed by atoms with Gasteiger partial charge in [-0.1, -0.05) is 30.3 Å². The Kier molecular flexibility index (Phi) is 5.16. The Morgan fingerprint density at radius 3 is 2.64 bits per heavy atom. The number of ether oxygens (including phenoxy) is 3. The van der Waals surface area contributed by atoms with Crippen LogP contribution < -0.4 is 19.5 Å². The lowest BCUT2D eigenvalue weighted by Crippen LogP contribution is -2.39. The van der Waals surface area contributed by atoms with E-state index in [0.717, 1.165) is 36.8 Å². The van der Waals surface area contributed by atoms with Crippen LogP contribution in [0.1, 0.15) is 6.42 Å². The molecule has 1 N–H and O–H groups in total. The zero-order valence-electron chi connectivity index (χ0n) is 12.5. The summed E-state index contributed by atoms with van der Waals surface area (Å²) in [5.41, 5.74) is 0. The van der Waals surface area contributed by atoms with Crippen molar-refractivity contribution in [1.29, 1.82) is 0 Å². The molecule has 0 aliphatic carbocycles. The van der Waals surface area contributed by atoms with Gasteiger partial charge < -0.3 is 19.5 Å². The van der Waals surface area contributed by atoms with Crippen molar-refractivity contribution in [3.8, 4) is 17.2 Å². The van der Waals surface area contributed by atoms with Crippen LogP contribution in [-0.2, 0) is 0 Å². The molecule has 0 saturated heterocycles. The molecule has 0 aromatic heterocycles. The normalized spacial score (nSPS) is 16.3. The van der Waals surface area contributed by atoms with E-state index in [1.165, 1.54) is 0 Å². The molecule has 0 amide bonds. The quantitative estimate of drug-likeness (QED) is 0.798. The third-order valence-corrected chi connectivity index (χ3v) is 3.45. The van der Waals surface area contributed by atoms with Crippen molar-refractivity contribution in [2.45, 2.75) is 12.5 Å². The minimum atomic E-state index is 0.0601. The van der Waals surface area contributed by atoms with Crippen molar-refractivity contribution >= 4 is 0 Å². The van der Waals surface area contributed by atoms with E-state index in [-0.39, 0.29) is 6.10 Å². The molecule has 1 unspecified atom stereocenters. The number of para-hydroxylation sites is 3. The zero-order valence-corrected chi connectivity index (χ0v) is 12.5. The van der Waals surface area contributed by atoms with E-state index < -0.39 is 0 Å². The molecule has 0 fully saturated rings. The molecule has 0 spiro atoms. The average molecular weight is 299 g/mol. The van der Waals surface area contributed by atoms with Crippen LogP contribution >= 0.6 is 0 Å². The molecule has 3 rings (SSSR count). The van der Waals surface area contributed by atoms with Crippen molar-refractivity contribution in [2.75, 3.05) is 26.3 Å². The average Bonchev–Trinajstić information content (AvgIpc) is 2.59. The van der Waals surface area contributed by atoms with Crippen molar-refractivity contribution < 1.29 is 14.2 Å². The predicted octanol–water partition coefficient (Wildman–Crippen LogP) is 2.89. The van der Waals surface area contributed by atoms with E-state index in [9.17, 15) is 0 Å². The summed E-state index contributed by atoms with van der Waals surface area (Å²) in [6.45, 7) is 2.97. The summed E-state index contributed by atoms with van der Waals surface area (Å²) < 4.78 is 17.2.